The van der Waals surface area contributed by atoms with Crippen LogP contribution in [0.4, 0.5) is 0 Å². The number of thiophene rings is 1. The van der Waals surface area contributed by atoms with Gasteiger partial charge in [0, 0.05) is 21.2 Å². The molecule has 4 aromatic rings. The van der Waals surface area contributed by atoms with E-state index in [0.29, 0.717) is 32.0 Å². The zero-order valence-electron chi connectivity index (χ0n) is 18.1. The Morgan fingerprint density at radius 2 is 1.69 bits per heavy atom. The van der Waals surface area contributed by atoms with Crippen LogP contribution in [0.15, 0.2) is 89.3 Å². The second-order valence-corrected chi connectivity index (χ2v) is 8.98. The molecule has 35 heavy (non-hydrogen) atoms. The second kappa shape index (κ2) is 11.7. The molecule has 0 bridgehead atoms. The molecule has 1 heterocycles. The summed E-state index contributed by atoms with van der Waals surface area (Å²) in [4.78, 5) is 24.9. The van der Waals surface area contributed by atoms with Crippen molar-refractivity contribution in [2.24, 2.45) is 5.10 Å². The first-order chi connectivity index (χ1) is 17.0. The predicted octanol–water partition coefficient (Wildman–Crippen LogP) is 6.62. The molecule has 0 spiro atoms. The molecule has 0 aliphatic heterocycles. The fraction of sp³-hybridized carbons (Fsp3) is 0.0385. The number of nitrogens with one attached hydrogen (secondary N) is 1. The maximum Gasteiger partial charge on any atom is 0.353 e. The Kier molecular flexibility index (Phi) is 8.15. The molecule has 6 nitrogen and oxygen atoms in total. The van der Waals surface area contributed by atoms with E-state index in [1.807, 2.05) is 5.38 Å². The van der Waals surface area contributed by atoms with Crippen molar-refractivity contribution in [2.45, 2.75) is 6.61 Å². The van der Waals surface area contributed by atoms with E-state index in [1.165, 1.54) is 17.6 Å². The summed E-state index contributed by atoms with van der Waals surface area (Å²) in [5.41, 5.74) is 4.44. The number of benzene rings is 3. The fourth-order valence-electron chi connectivity index (χ4n) is 2.91. The van der Waals surface area contributed by atoms with E-state index in [9.17, 15) is 9.59 Å². The SMILES string of the molecule is O=C(N/N=C\c1ccc(OC(=O)c2cccs2)cc1)c1ccc(OCc2ccc(Cl)cc2Cl)cc1. The Balaban J connectivity index is 1.26. The molecular weight excluding hydrogens is 507 g/mol. The number of rotatable bonds is 8. The number of hydrogen-bond donors (Lipinski definition) is 1. The number of esters is 1. The van der Waals surface area contributed by atoms with Gasteiger partial charge in [0.15, 0.2) is 0 Å². The summed E-state index contributed by atoms with van der Waals surface area (Å²) in [5.74, 6) is 0.245. The lowest BCUT2D eigenvalue weighted by Crippen LogP contribution is -2.17. The normalized spacial score (nSPS) is 10.8. The minimum Gasteiger partial charge on any atom is -0.489 e. The zero-order valence-corrected chi connectivity index (χ0v) is 20.4. The van der Waals surface area contributed by atoms with E-state index < -0.39 is 5.97 Å². The number of amides is 1. The van der Waals surface area contributed by atoms with Gasteiger partial charge in [-0.1, -0.05) is 35.3 Å². The van der Waals surface area contributed by atoms with Crippen LogP contribution in [-0.4, -0.2) is 18.1 Å². The van der Waals surface area contributed by atoms with Gasteiger partial charge in [0.25, 0.3) is 5.91 Å². The Morgan fingerprint density at radius 3 is 2.37 bits per heavy atom. The average Bonchev–Trinajstić information content (AvgIpc) is 3.40. The average molecular weight is 525 g/mol. The number of halogens is 2. The van der Waals surface area contributed by atoms with E-state index >= 15 is 0 Å². The molecule has 0 unspecified atom stereocenters. The molecule has 176 valence electrons. The zero-order chi connectivity index (χ0) is 24.6. The Hall–Kier alpha value is -3.65. The molecule has 0 fully saturated rings. The third-order valence-corrected chi connectivity index (χ3v) is 6.16. The highest BCUT2D eigenvalue weighted by Crippen LogP contribution is 2.23. The summed E-state index contributed by atoms with van der Waals surface area (Å²) < 4.78 is 11.0. The van der Waals surface area contributed by atoms with E-state index in [1.54, 1.807) is 78.9 Å². The quantitative estimate of drug-likeness (QED) is 0.121. The molecule has 0 aliphatic carbocycles. The van der Waals surface area contributed by atoms with Crippen LogP contribution in [0.1, 0.15) is 31.2 Å². The number of carbonyl (C=O) groups is 2. The highest BCUT2D eigenvalue weighted by Gasteiger charge is 2.09. The topological polar surface area (TPSA) is 77.0 Å². The number of nitrogens with zero attached hydrogens (tertiary/aromatic N) is 1. The summed E-state index contributed by atoms with van der Waals surface area (Å²) in [6.45, 7) is 0.276. The number of hydrazone groups is 1. The first-order valence-electron chi connectivity index (χ1n) is 10.3. The van der Waals surface area contributed by atoms with Gasteiger partial charge in [-0.15, -0.1) is 11.3 Å². The molecule has 1 aromatic heterocycles. The van der Waals surface area contributed by atoms with E-state index in [-0.39, 0.29) is 12.5 Å². The second-order valence-electron chi connectivity index (χ2n) is 7.18. The van der Waals surface area contributed by atoms with Gasteiger partial charge in [-0.3, -0.25) is 4.79 Å². The summed E-state index contributed by atoms with van der Waals surface area (Å²) in [7, 11) is 0. The first-order valence-corrected chi connectivity index (χ1v) is 12.0. The molecule has 9 heteroatoms. The highest BCUT2D eigenvalue weighted by molar-refractivity contribution is 7.12. The van der Waals surface area contributed by atoms with Crippen LogP contribution in [0.2, 0.25) is 10.0 Å². The van der Waals surface area contributed by atoms with Crippen molar-refractivity contribution in [2.75, 3.05) is 0 Å². The van der Waals surface area contributed by atoms with Crippen molar-refractivity contribution < 1.29 is 19.1 Å². The third-order valence-electron chi connectivity index (χ3n) is 4.72. The van der Waals surface area contributed by atoms with Crippen molar-refractivity contribution in [3.8, 4) is 11.5 Å². The lowest BCUT2D eigenvalue weighted by Gasteiger charge is -2.08. The van der Waals surface area contributed by atoms with Gasteiger partial charge in [-0.05, 0) is 77.7 Å². The van der Waals surface area contributed by atoms with E-state index in [4.69, 9.17) is 32.7 Å². The van der Waals surface area contributed by atoms with Crippen molar-refractivity contribution in [1.29, 1.82) is 0 Å². The smallest absolute Gasteiger partial charge is 0.353 e. The fourth-order valence-corrected chi connectivity index (χ4v) is 3.97. The van der Waals surface area contributed by atoms with Gasteiger partial charge in [-0.2, -0.15) is 5.10 Å². The van der Waals surface area contributed by atoms with Crippen molar-refractivity contribution in [1.82, 2.24) is 5.43 Å². The van der Waals surface area contributed by atoms with Gasteiger partial charge in [0.1, 0.15) is 23.0 Å². The molecule has 0 atom stereocenters. The van der Waals surface area contributed by atoms with Gasteiger partial charge < -0.3 is 9.47 Å². The molecule has 0 aliphatic rings. The lowest BCUT2D eigenvalue weighted by molar-refractivity contribution is 0.0739. The largest absolute Gasteiger partial charge is 0.489 e. The molecule has 0 saturated carbocycles. The van der Waals surface area contributed by atoms with Crippen LogP contribution >= 0.6 is 34.5 Å². The maximum atomic E-state index is 12.3. The van der Waals surface area contributed by atoms with Gasteiger partial charge >= 0.3 is 5.97 Å². The molecule has 3 aromatic carbocycles. The summed E-state index contributed by atoms with van der Waals surface area (Å²) in [5, 5.41) is 6.88. The molecule has 0 radical (unpaired) electrons. The van der Waals surface area contributed by atoms with Gasteiger partial charge in [0.05, 0.1) is 6.21 Å². The van der Waals surface area contributed by atoms with Crippen molar-refractivity contribution in [3.05, 3.63) is 116 Å². The maximum absolute atomic E-state index is 12.3. The molecule has 1 amide bonds. The summed E-state index contributed by atoms with van der Waals surface area (Å²) in [6.07, 6.45) is 1.50. The molecular formula is C26H18Cl2N2O4S. The van der Waals surface area contributed by atoms with Crippen LogP contribution in [0.5, 0.6) is 11.5 Å². The van der Waals surface area contributed by atoms with E-state index in [0.717, 1.165) is 11.1 Å². The van der Waals surface area contributed by atoms with Crippen LogP contribution in [0, 0.1) is 0 Å². The Bertz CT molecular complexity index is 1340. The monoisotopic (exact) mass is 524 g/mol. The van der Waals surface area contributed by atoms with Gasteiger partial charge in [-0.25, -0.2) is 10.2 Å². The van der Waals surface area contributed by atoms with Crippen molar-refractivity contribution in [3.63, 3.8) is 0 Å². The molecule has 4 rings (SSSR count). The predicted molar refractivity (Wildman–Crippen MR) is 138 cm³/mol. The standard InChI is InChI=1S/C26H18Cl2N2O4S/c27-20-8-5-19(23(28)14-20)16-33-21-11-6-18(7-12-21)25(31)30-29-15-17-3-9-22(10-4-17)34-26(32)24-2-1-13-35-24/h1-15H,16H2,(H,30,31)/b29-15-. The van der Waals surface area contributed by atoms with Gasteiger partial charge in [0.2, 0.25) is 0 Å². The van der Waals surface area contributed by atoms with Crippen LogP contribution < -0.4 is 14.9 Å². The summed E-state index contributed by atoms with van der Waals surface area (Å²) >= 11 is 13.4. The Labute approximate surface area is 215 Å². The highest BCUT2D eigenvalue weighted by atomic mass is 35.5. The number of hydrogen-bond acceptors (Lipinski definition) is 6. The minimum absolute atomic E-state index is 0.276. The Morgan fingerprint density at radius 1 is 0.943 bits per heavy atom. The lowest BCUT2D eigenvalue weighted by atomic mass is 10.2. The van der Waals surface area contributed by atoms with Crippen LogP contribution in [0.3, 0.4) is 0 Å². The number of ether oxygens (including phenoxy) is 2. The molecule has 0 saturated heterocycles. The first kappa shape index (κ1) is 24.5. The van der Waals surface area contributed by atoms with E-state index in [2.05, 4.69) is 10.5 Å². The van der Waals surface area contributed by atoms with Crippen molar-refractivity contribution >= 4 is 52.6 Å². The molecule has 1 N–H and O–H groups in total. The third kappa shape index (κ3) is 6.93. The number of carbonyl (C=O) groups excluding carboxylic acids is 2. The summed E-state index contributed by atoms with van der Waals surface area (Å²) in [6, 6.07) is 22.1. The van der Waals surface area contributed by atoms with Crippen LogP contribution in [0.25, 0.3) is 0 Å². The van der Waals surface area contributed by atoms with Crippen LogP contribution in [-0.2, 0) is 6.61 Å². The minimum atomic E-state index is -0.404.